The van der Waals surface area contributed by atoms with Gasteiger partial charge in [0, 0.05) is 37.4 Å². The van der Waals surface area contributed by atoms with E-state index in [9.17, 15) is 9.90 Å². The summed E-state index contributed by atoms with van der Waals surface area (Å²) >= 11 is 0. The van der Waals surface area contributed by atoms with Crippen molar-refractivity contribution in [3.8, 4) is 0 Å². The van der Waals surface area contributed by atoms with Crippen LogP contribution >= 0.6 is 0 Å². The molecule has 2 aliphatic rings. The molecule has 2 fully saturated rings. The topological polar surface area (TPSA) is 59.1 Å². The summed E-state index contributed by atoms with van der Waals surface area (Å²) in [6.07, 6.45) is 2.91. The van der Waals surface area contributed by atoms with Gasteiger partial charge in [0.1, 0.15) is 0 Å². The number of nitrogens with one attached hydrogen (secondary N) is 1. The molecule has 1 heterocycles. The number of amides is 1. The molecule has 2 aromatic rings. The summed E-state index contributed by atoms with van der Waals surface area (Å²) < 4.78 is 0. The highest BCUT2D eigenvalue weighted by atomic mass is 16.3. The molecule has 1 spiro atoms. The largest absolute Gasteiger partial charge is 0.361 e. The van der Waals surface area contributed by atoms with Crippen LogP contribution in [0, 0.1) is 0 Å². The lowest BCUT2D eigenvalue weighted by Crippen LogP contribution is -2.57. The summed E-state index contributed by atoms with van der Waals surface area (Å²) in [5.41, 5.74) is 1.98. The SMILES string of the molecule is CN[C@]1(c2ccccc2)CC[C@]2(CC1)CN(c1ccccc1)C(O)N2CC(=O)N(C)C. The van der Waals surface area contributed by atoms with Crippen LogP contribution in [-0.2, 0) is 10.3 Å². The van der Waals surface area contributed by atoms with E-state index < -0.39 is 6.35 Å². The molecule has 1 aliphatic heterocycles. The van der Waals surface area contributed by atoms with E-state index in [2.05, 4.69) is 35.6 Å². The molecule has 2 aromatic carbocycles. The minimum atomic E-state index is -0.815. The van der Waals surface area contributed by atoms with Gasteiger partial charge in [-0.3, -0.25) is 4.79 Å². The molecule has 31 heavy (non-hydrogen) atoms. The van der Waals surface area contributed by atoms with Crippen LogP contribution in [0.1, 0.15) is 31.2 Å². The number of anilines is 1. The second-order valence-electron chi connectivity index (χ2n) is 9.15. The molecule has 4 rings (SSSR count). The fourth-order valence-corrected chi connectivity index (χ4v) is 5.31. The molecule has 1 unspecified atom stereocenters. The normalized spacial score (nSPS) is 28.8. The summed E-state index contributed by atoms with van der Waals surface area (Å²) in [7, 11) is 5.58. The number of carbonyl (C=O) groups excluding carboxylic acids is 1. The van der Waals surface area contributed by atoms with Gasteiger partial charge in [-0.15, -0.1) is 0 Å². The Kier molecular flexibility index (Phi) is 6.06. The number of hydrogen-bond donors (Lipinski definition) is 2. The van der Waals surface area contributed by atoms with E-state index in [4.69, 9.17) is 0 Å². The average molecular weight is 423 g/mol. The molecule has 0 radical (unpaired) electrons. The fraction of sp³-hybridized carbons (Fsp3) is 0.480. The molecule has 1 saturated heterocycles. The number of aliphatic hydroxyl groups is 1. The highest BCUT2D eigenvalue weighted by Gasteiger charge is 2.54. The van der Waals surface area contributed by atoms with Gasteiger partial charge < -0.3 is 20.2 Å². The molecule has 6 nitrogen and oxygen atoms in total. The first-order valence-electron chi connectivity index (χ1n) is 11.1. The standard InChI is InChI=1S/C25H34N4O2/c1-26-25(20-10-6-4-7-11-20)16-14-24(15-17-25)19-28(21-12-8-5-9-13-21)23(31)29(24)18-22(30)27(2)3/h4-13,23,26,31H,14-19H2,1-3H3/t23?,24-,25+. The quantitative estimate of drug-likeness (QED) is 0.776. The summed E-state index contributed by atoms with van der Waals surface area (Å²) in [6.45, 7) is 0.933. The Labute approximate surface area is 185 Å². The fourth-order valence-electron chi connectivity index (χ4n) is 5.31. The maximum atomic E-state index is 12.7. The number of hydrogen-bond acceptors (Lipinski definition) is 5. The van der Waals surface area contributed by atoms with Crippen molar-refractivity contribution in [1.29, 1.82) is 0 Å². The third kappa shape index (κ3) is 3.95. The van der Waals surface area contributed by atoms with E-state index in [1.165, 1.54) is 5.56 Å². The molecule has 1 amide bonds. The maximum Gasteiger partial charge on any atom is 0.236 e. The van der Waals surface area contributed by atoms with Crippen LogP contribution in [0.25, 0.3) is 0 Å². The molecule has 2 N–H and O–H groups in total. The number of benzene rings is 2. The highest BCUT2D eigenvalue weighted by Crippen LogP contribution is 2.48. The zero-order valence-corrected chi connectivity index (χ0v) is 18.8. The molecule has 1 saturated carbocycles. The molecule has 0 aromatic heterocycles. The minimum absolute atomic E-state index is 0.0156. The number of carbonyl (C=O) groups is 1. The third-order valence-electron chi connectivity index (χ3n) is 7.36. The van der Waals surface area contributed by atoms with Crippen molar-refractivity contribution in [2.75, 3.05) is 39.1 Å². The second-order valence-corrected chi connectivity index (χ2v) is 9.15. The summed E-state index contributed by atoms with van der Waals surface area (Å²) in [6, 6.07) is 20.7. The van der Waals surface area contributed by atoms with Crippen molar-refractivity contribution < 1.29 is 9.90 Å². The second kappa shape index (κ2) is 8.61. The van der Waals surface area contributed by atoms with Crippen molar-refractivity contribution in [3.63, 3.8) is 0 Å². The number of nitrogens with zero attached hydrogens (tertiary/aromatic N) is 3. The lowest BCUT2D eigenvalue weighted by molar-refractivity contribution is -0.135. The Hall–Kier alpha value is -2.41. The van der Waals surface area contributed by atoms with E-state index in [0.717, 1.165) is 31.4 Å². The number of likely N-dealkylation sites (N-methyl/N-ethyl adjacent to an activating group) is 1. The van der Waals surface area contributed by atoms with Gasteiger partial charge in [0.15, 0.2) is 6.35 Å². The van der Waals surface area contributed by atoms with Gasteiger partial charge in [0.05, 0.1) is 6.54 Å². The minimum Gasteiger partial charge on any atom is -0.361 e. The van der Waals surface area contributed by atoms with E-state index in [1.807, 2.05) is 47.2 Å². The monoisotopic (exact) mass is 422 g/mol. The third-order valence-corrected chi connectivity index (χ3v) is 7.36. The lowest BCUT2D eigenvalue weighted by Gasteiger charge is -2.48. The van der Waals surface area contributed by atoms with Crippen LogP contribution < -0.4 is 10.2 Å². The predicted molar refractivity (Wildman–Crippen MR) is 124 cm³/mol. The van der Waals surface area contributed by atoms with Crippen LogP contribution in [-0.4, -0.2) is 66.9 Å². The molecule has 1 atom stereocenters. The van der Waals surface area contributed by atoms with E-state index >= 15 is 0 Å². The van der Waals surface area contributed by atoms with Gasteiger partial charge in [0.2, 0.25) is 5.91 Å². The predicted octanol–water partition coefficient (Wildman–Crippen LogP) is 2.60. The summed E-state index contributed by atoms with van der Waals surface area (Å²) in [5, 5.41) is 14.9. The number of para-hydroxylation sites is 1. The Morgan fingerprint density at radius 3 is 2.16 bits per heavy atom. The van der Waals surface area contributed by atoms with Gasteiger partial charge in [0.25, 0.3) is 0 Å². The van der Waals surface area contributed by atoms with Gasteiger partial charge in [-0.1, -0.05) is 48.5 Å². The average Bonchev–Trinajstić information content (AvgIpc) is 3.07. The molecule has 6 heteroatoms. The molecule has 166 valence electrons. The summed E-state index contributed by atoms with van der Waals surface area (Å²) in [5.74, 6) is 0.0156. The number of rotatable bonds is 5. The first-order valence-corrected chi connectivity index (χ1v) is 11.1. The van der Waals surface area contributed by atoms with E-state index in [0.29, 0.717) is 6.54 Å². The van der Waals surface area contributed by atoms with Crippen molar-refractivity contribution >= 4 is 11.6 Å². The zero-order chi connectivity index (χ0) is 22.1. The zero-order valence-electron chi connectivity index (χ0n) is 18.8. The lowest BCUT2D eigenvalue weighted by atomic mass is 9.69. The first kappa shape index (κ1) is 21.8. The van der Waals surface area contributed by atoms with Crippen molar-refractivity contribution in [3.05, 3.63) is 66.2 Å². The van der Waals surface area contributed by atoms with Crippen molar-refractivity contribution in [1.82, 2.24) is 15.1 Å². The molecule has 0 bridgehead atoms. The molecular formula is C25H34N4O2. The van der Waals surface area contributed by atoms with Crippen LogP contribution in [0.5, 0.6) is 0 Å². The van der Waals surface area contributed by atoms with Crippen LogP contribution in [0.15, 0.2) is 60.7 Å². The summed E-state index contributed by atoms with van der Waals surface area (Å²) in [4.78, 5) is 18.3. The number of aliphatic hydroxyl groups excluding tert-OH is 1. The Morgan fingerprint density at radius 2 is 1.61 bits per heavy atom. The van der Waals surface area contributed by atoms with Gasteiger partial charge in [-0.25, -0.2) is 4.90 Å². The Bertz CT molecular complexity index is 879. The van der Waals surface area contributed by atoms with Crippen LogP contribution in [0.2, 0.25) is 0 Å². The van der Waals surface area contributed by atoms with E-state index in [1.54, 1.807) is 19.0 Å². The van der Waals surface area contributed by atoms with Crippen molar-refractivity contribution in [2.45, 2.75) is 43.1 Å². The maximum absolute atomic E-state index is 12.7. The van der Waals surface area contributed by atoms with Gasteiger partial charge in [-0.05, 0) is 50.4 Å². The van der Waals surface area contributed by atoms with Crippen LogP contribution in [0.3, 0.4) is 0 Å². The first-order chi connectivity index (χ1) is 14.9. The van der Waals surface area contributed by atoms with Gasteiger partial charge in [-0.2, -0.15) is 0 Å². The van der Waals surface area contributed by atoms with E-state index in [-0.39, 0.29) is 23.5 Å². The smallest absolute Gasteiger partial charge is 0.236 e. The van der Waals surface area contributed by atoms with Crippen LogP contribution in [0.4, 0.5) is 5.69 Å². The Morgan fingerprint density at radius 1 is 1.03 bits per heavy atom. The molecule has 1 aliphatic carbocycles. The van der Waals surface area contributed by atoms with Gasteiger partial charge >= 0.3 is 0 Å². The molecular weight excluding hydrogens is 388 g/mol. The highest BCUT2D eigenvalue weighted by molar-refractivity contribution is 5.78. The van der Waals surface area contributed by atoms with Crippen molar-refractivity contribution in [2.24, 2.45) is 0 Å². The Balaban J connectivity index is 1.63.